The van der Waals surface area contributed by atoms with Crippen LogP contribution in [-0.4, -0.2) is 11.6 Å². The molecule has 2 nitrogen and oxygen atoms in total. The van der Waals surface area contributed by atoms with E-state index in [1.54, 1.807) is 0 Å². The van der Waals surface area contributed by atoms with E-state index in [0.717, 1.165) is 6.92 Å². The average Bonchev–Trinajstić information content (AvgIpc) is 3.46. The molecule has 0 aliphatic heterocycles. The number of hydrogen-bond donors (Lipinski definition) is 0. The van der Waals surface area contributed by atoms with E-state index in [1.807, 2.05) is 38.5 Å². The Kier molecular flexibility index (Phi) is 17.7. The minimum absolute atomic E-state index is 0. The second-order valence-corrected chi connectivity index (χ2v) is 8.84. The fourth-order valence-corrected chi connectivity index (χ4v) is 5.46. The molecule has 2 aromatic carbocycles. The van der Waals surface area contributed by atoms with Crippen LogP contribution in [0.4, 0.5) is 0 Å². The molecule has 2 aliphatic rings. The van der Waals surface area contributed by atoms with E-state index in [0.29, 0.717) is 5.66 Å². The van der Waals surface area contributed by atoms with Gasteiger partial charge in [-0.3, -0.25) is 0 Å². The third-order valence-electron chi connectivity index (χ3n) is 4.08. The monoisotopic (exact) mass is 562 g/mol. The van der Waals surface area contributed by atoms with Crippen molar-refractivity contribution in [2.75, 3.05) is 0 Å². The number of benzene rings is 2. The van der Waals surface area contributed by atoms with E-state index in [4.69, 9.17) is 9.90 Å². The van der Waals surface area contributed by atoms with Crippen molar-refractivity contribution in [3.05, 3.63) is 124 Å². The largest absolute Gasteiger partial charge is 2.00 e. The quantitative estimate of drug-likeness (QED) is 0.325. The number of carboxylic acid groups (broad SMARTS) is 1. The minimum atomic E-state index is -1.08. The summed E-state index contributed by atoms with van der Waals surface area (Å²) in [6.45, 7) is 3.29. The van der Waals surface area contributed by atoms with Crippen molar-refractivity contribution in [2.45, 2.75) is 19.5 Å². The SMILES string of the molecule is CC(=O)[O-].CC([C]1[C-][CH][CH][CH]1)P(c1ccccc1)c1ccccc1.[CH]1[CH][CH][CH][CH]1.[Fe+2].[Pd+2]. The number of aliphatic carboxylic acids is 1. The number of carbonyl (C=O) groups excluding carboxylic acids is 1. The zero-order chi connectivity index (χ0) is 20.9. The Morgan fingerprint density at radius 1 is 0.839 bits per heavy atom. The first-order chi connectivity index (χ1) is 14.1. The van der Waals surface area contributed by atoms with Crippen LogP contribution < -0.4 is 15.7 Å². The molecule has 5 heteroatoms. The molecule has 0 N–H and O–H groups in total. The minimum Gasteiger partial charge on any atom is -0.550 e. The first-order valence-corrected chi connectivity index (χ1v) is 10.9. The summed E-state index contributed by atoms with van der Waals surface area (Å²) >= 11 is 0. The standard InChI is InChI=1S/C19H17P.C5H5.C2H4O2.Fe.Pd/c1-16(17-10-8-9-11-17)20(18-12-4-2-5-13-18)19-14-6-3-7-15-19;1-2-4-5-3-1;1-2(3)4;;/h2-10,12-16H,1H3;1-5H;1H3,(H,3,4);;/q-1;;;2*+2/p-1. The molecule has 2 aliphatic carbocycles. The van der Waals surface area contributed by atoms with Crippen LogP contribution in [-0.2, 0) is 42.3 Å². The van der Waals surface area contributed by atoms with E-state index in [-0.39, 0.29) is 37.5 Å². The molecule has 2 saturated carbocycles. The number of carboxylic acids is 1. The molecule has 0 spiro atoms. The molecule has 10 radical (unpaired) electrons. The van der Waals surface area contributed by atoms with Gasteiger partial charge >= 0.3 is 37.5 Å². The summed E-state index contributed by atoms with van der Waals surface area (Å²) in [6, 6.07) is 21.7. The van der Waals surface area contributed by atoms with Gasteiger partial charge in [0.15, 0.2) is 0 Å². The molecule has 31 heavy (non-hydrogen) atoms. The molecule has 2 aromatic rings. The molecule has 0 saturated heterocycles. The predicted octanol–water partition coefficient (Wildman–Crippen LogP) is 3.56. The average molecular weight is 563 g/mol. The summed E-state index contributed by atoms with van der Waals surface area (Å²) in [5.41, 5.74) is 0.477. The van der Waals surface area contributed by atoms with E-state index < -0.39 is 13.9 Å². The molecule has 0 aromatic heterocycles. The number of carbonyl (C=O) groups is 1. The van der Waals surface area contributed by atoms with Crippen LogP contribution in [0.3, 0.4) is 0 Å². The number of hydrogen-bond acceptors (Lipinski definition) is 2. The van der Waals surface area contributed by atoms with Crippen molar-refractivity contribution in [1.29, 1.82) is 0 Å². The van der Waals surface area contributed by atoms with Crippen molar-refractivity contribution in [3.63, 3.8) is 0 Å². The van der Waals surface area contributed by atoms with Crippen LogP contribution >= 0.6 is 7.92 Å². The van der Waals surface area contributed by atoms with Gasteiger partial charge in [0.25, 0.3) is 0 Å². The van der Waals surface area contributed by atoms with E-state index in [9.17, 15) is 0 Å². The normalized spacial score (nSPS) is 16.0. The van der Waals surface area contributed by atoms with Gasteiger partial charge in [0.05, 0.1) is 0 Å². The Balaban J connectivity index is 0.000000691. The molecule has 2 fully saturated rings. The fourth-order valence-electron chi connectivity index (χ4n) is 2.84. The zero-order valence-electron chi connectivity index (χ0n) is 17.4. The number of rotatable bonds is 4. The van der Waals surface area contributed by atoms with Gasteiger partial charge < -0.3 is 16.3 Å². The van der Waals surface area contributed by atoms with Crippen LogP contribution in [0.15, 0.2) is 60.7 Å². The summed E-state index contributed by atoms with van der Waals surface area (Å²) in [6.07, 6.45) is 19.6. The molecular weight excluding hydrogens is 538 g/mol. The molecular formula is C26H25FeO2PPd+2. The Morgan fingerprint density at radius 2 is 1.23 bits per heavy atom. The van der Waals surface area contributed by atoms with Crippen LogP contribution in [0.2, 0.25) is 0 Å². The van der Waals surface area contributed by atoms with Crippen LogP contribution in [0, 0.1) is 63.7 Å². The van der Waals surface area contributed by atoms with Gasteiger partial charge in [-0.1, -0.05) is 80.4 Å². The van der Waals surface area contributed by atoms with Gasteiger partial charge in [-0.2, -0.15) is 5.92 Å². The summed E-state index contributed by atoms with van der Waals surface area (Å²) < 4.78 is 0. The van der Waals surface area contributed by atoms with Crippen LogP contribution in [0.1, 0.15) is 13.8 Å². The maximum Gasteiger partial charge on any atom is 2.00 e. The van der Waals surface area contributed by atoms with Gasteiger partial charge in [-0.25, -0.2) is 6.42 Å². The van der Waals surface area contributed by atoms with E-state index in [1.165, 1.54) is 16.5 Å². The van der Waals surface area contributed by atoms with Crippen LogP contribution in [0.25, 0.3) is 0 Å². The Labute approximate surface area is 214 Å². The van der Waals surface area contributed by atoms with Gasteiger partial charge in [-0.05, 0) is 63.2 Å². The summed E-state index contributed by atoms with van der Waals surface area (Å²) in [7, 11) is -0.394. The molecule has 0 heterocycles. The smallest absolute Gasteiger partial charge is 0.550 e. The zero-order valence-corrected chi connectivity index (χ0v) is 21.0. The molecule has 4 rings (SSSR count). The second-order valence-electron chi connectivity index (χ2n) is 6.30. The summed E-state index contributed by atoms with van der Waals surface area (Å²) in [4.78, 5) is 8.89. The predicted molar refractivity (Wildman–Crippen MR) is 120 cm³/mol. The van der Waals surface area contributed by atoms with Crippen molar-refractivity contribution in [1.82, 2.24) is 0 Å². The summed E-state index contributed by atoms with van der Waals surface area (Å²) in [5, 5.41) is 11.7. The first-order valence-electron chi connectivity index (χ1n) is 9.46. The third-order valence-corrected chi connectivity index (χ3v) is 6.85. The molecule has 0 bridgehead atoms. The van der Waals surface area contributed by atoms with Gasteiger partial charge in [0.2, 0.25) is 0 Å². The molecule has 1 unspecified atom stereocenters. The van der Waals surface area contributed by atoms with Gasteiger partial charge in [-0.15, -0.1) is 0 Å². The van der Waals surface area contributed by atoms with Gasteiger partial charge in [0.1, 0.15) is 0 Å². The second kappa shape index (κ2) is 18.0. The Bertz CT molecular complexity index is 638. The maximum absolute atomic E-state index is 8.89. The van der Waals surface area contributed by atoms with Crippen molar-refractivity contribution in [3.8, 4) is 0 Å². The topological polar surface area (TPSA) is 40.1 Å². The Hall–Kier alpha value is -0.478. The van der Waals surface area contributed by atoms with Crippen molar-refractivity contribution in [2.24, 2.45) is 0 Å². The molecule has 162 valence electrons. The molecule has 0 amide bonds. The van der Waals surface area contributed by atoms with Crippen molar-refractivity contribution >= 4 is 24.5 Å². The van der Waals surface area contributed by atoms with Gasteiger partial charge in [0, 0.05) is 5.97 Å². The van der Waals surface area contributed by atoms with Crippen LogP contribution in [0.5, 0.6) is 0 Å². The van der Waals surface area contributed by atoms with E-state index >= 15 is 0 Å². The fraction of sp³-hybridized carbons (Fsp3) is 0.115. The maximum atomic E-state index is 8.89. The third kappa shape index (κ3) is 11.8. The summed E-state index contributed by atoms with van der Waals surface area (Å²) in [5.74, 6) is 0.226. The molecule has 1 atom stereocenters. The Morgan fingerprint density at radius 3 is 1.55 bits per heavy atom. The van der Waals surface area contributed by atoms with Crippen molar-refractivity contribution < 1.29 is 47.4 Å². The first kappa shape index (κ1) is 30.5. The van der Waals surface area contributed by atoms with E-state index in [2.05, 4.69) is 86.8 Å².